The summed E-state index contributed by atoms with van der Waals surface area (Å²) in [6.07, 6.45) is 0. The van der Waals surface area contributed by atoms with Gasteiger partial charge in [0, 0.05) is 35.6 Å². The molecule has 2 N–H and O–H groups in total. The predicted molar refractivity (Wildman–Crippen MR) is 15.3 cm³/mol. The van der Waals surface area contributed by atoms with Crippen molar-refractivity contribution in [3.63, 3.8) is 0 Å². The molecule has 0 spiro atoms. The van der Waals surface area contributed by atoms with Crippen LogP contribution in [0.3, 0.4) is 0 Å². The monoisotopic (exact) mass is 238 g/mol. The fraction of sp³-hybridized carbons (Fsp3) is 0. The van der Waals surface area contributed by atoms with Gasteiger partial charge in [-0.1, -0.05) is 0 Å². The maximum absolute atomic E-state index is 8.74. The number of hydrogen-bond donors (Lipinski definition) is 2. The van der Waals surface area contributed by atoms with Crippen LogP contribution in [0.15, 0.2) is 0 Å². The van der Waals surface area contributed by atoms with Gasteiger partial charge in [0.05, 0.1) is 0 Å². The van der Waals surface area contributed by atoms with Crippen LogP contribution in [-0.2, 0) is 10.4 Å². The molecule has 0 aromatic heterocycles. The minimum Gasteiger partial charge on any atom is -0.264 e. The summed E-state index contributed by atoms with van der Waals surface area (Å²) in [5.41, 5.74) is 0. The quantitative estimate of drug-likeness (QED) is 0.556. The summed E-state index contributed by atoms with van der Waals surface area (Å²) in [5, 5.41) is 0. The first-order valence-electron chi connectivity index (χ1n) is 0.698. The zero-order valence-electron chi connectivity index (χ0n) is 3.70. The SMILES string of the molecule is O=S(=O)(O)O.[H+].[La]. The first-order valence-corrected chi connectivity index (χ1v) is 2.10. The van der Waals surface area contributed by atoms with Crippen molar-refractivity contribution in [1.82, 2.24) is 0 Å². The summed E-state index contributed by atoms with van der Waals surface area (Å²) in [5.74, 6) is 0. The van der Waals surface area contributed by atoms with E-state index in [1.165, 1.54) is 0 Å². The second kappa shape index (κ2) is 3.12. The van der Waals surface area contributed by atoms with E-state index in [-0.39, 0.29) is 37.0 Å². The van der Waals surface area contributed by atoms with E-state index in [9.17, 15) is 0 Å². The summed E-state index contributed by atoms with van der Waals surface area (Å²) in [4.78, 5) is 0. The molecular formula is H3LaO4S+. The van der Waals surface area contributed by atoms with Crippen molar-refractivity contribution in [2.45, 2.75) is 0 Å². The Balaban J connectivity index is -0.0000000800. The van der Waals surface area contributed by atoms with E-state index in [1.54, 1.807) is 0 Å². The van der Waals surface area contributed by atoms with E-state index in [2.05, 4.69) is 0 Å². The van der Waals surface area contributed by atoms with Gasteiger partial charge in [-0.15, -0.1) is 0 Å². The van der Waals surface area contributed by atoms with Crippen molar-refractivity contribution in [3.05, 3.63) is 0 Å². The van der Waals surface area contributed by atoms with Crippen molar-refractivity contribution in [3.8, 4) is 0 Å². The molecule has 35 valence electrons. The molecule has 0 aromatic carbocycles. The predicted octanol–water partition coefficient (Wildman–Crippen LogP) is -0.540. The molecule has 0 heterocycles. The third-order valence-corrected chi connectivity index (χ3v) is 0. The summed E-state index contributed by atoms with van der Waals surface area (Å²) >= 11 is 0. The Morgan fingerprint density at radius 3 is 1.33 bits per heavy atom. The van der Waals surface area contributed by atoms with Gasteiger partial charge in [0.2, 0.25) is 0 Å². The second-order valence-corrected chi connectivity index (χ2v) is 1.34. The van der Waals surface area contributed by atoms with Crippen LogP contribution in [-0.4, -0.2) is 17.5 Å². The zero-order chi connectivity index (χ0) is 4.50. The molecule has 6 heteroatoms. The van der Waals surface area contributed by atoms with Crippen molar-refractivity contribution in [2.75, 3.05) is 0 Å². The maximum Gasteiger partial charge on any atom is 1.00 e. The topological polar surface area (TPSA) is 74.6 Å². The molecule has 4 nitrogen and oxygen atoms in total. The largest absolute Gasteiger partial charge is 1.00 e. The van der Waals surface area contributed by atoms with Gasteiger partial charge in [0.1, 0.15) is 0 Å². The molecule has 0 aliphatic carbocycles. The molecule has 0 saturated carbocycles. The minimum absolute atomic E-state index is 0. The third kappa shape index (κ3) is 73.8. The third-order valence-electron chi connectivity index (χ3n) is 0. The Morgan fingerprint density at radius 1 is 1.33 bits per heavy atom. The fourth-order valence-corrected chi connectivity index (χ4v) is 0. The average molecular weight is 238 g/mol. The van der Waals surface area contributed by atoms with Crippen LogP contribution in [0, 0.1) is 35.6 Å². The van der Waals surface area contributed by atoms with E-state index < -0.39 is 10.4 Å². The van der Waals surface area contributed by atoms with Crippen LogP contribution >= 0.6 is 0 Å². The first-order chi connectivity index (χ1) is 2.00. The molecule has 0 fully saturated rings. The molecule has 0 aliphatic rings. The summed E-state index contributed by atoms with van der Waals surface area (Å²) in [6, 6.07) is 0. The van der Waals surface area contributed by atoms with E-state index >= 15 is 0 Å². The van der Waals surface area contributed by atoms with Crippen LogP contribution in [0.4, 0.5) is 0 Å². The normalized spacial score (nSPS) is 9.67. The maximum atomic E-state index is 8.74. The molecule has 0 saturated heterocycles. The van der Waals surface area contributed by atoms with Crippen LogP contribution in [0.1, 0.15) is 1.43 Å². The number of rotatable bonds is 0. The van der Waals surface area contributed by atoms with Gasteiger partial charge >= 0.3 is 11.8 Å². The van der Waals surface area contributed by atoms with E-state index in [0.29, 0.717) is 0 Å². The van der Waals surface area contributed by atoms with Crippen molar-refractivity contribution in [1.29, 1.82) is 0 Å². The summed E-state index contributed by atoms with van der Waals surface area (Å²) < 4.78 is 31.6. The minimum atomic E-state index is -4.67. The van der Waals surface area contributed by atoms with Gasteiger partial charge in [-0.25, -0.2) is 0 Å². The average Bonchev–Trinajstić information content (AvgIpc) is 0.722. The first kappa shape index (κ1) is 10.1. The van der Waals surface area contributed by atoms with Crippen LogP contribution in [0.5, 0.6) is 0 Å². The van der Waals surface area contributed by atoms with Crippen LogP contribution in [0.25, 0.3) is 0 Å². The second-order valence-electron chi connectivity index (χ2n) is 0.448. The van der Waals surface area contributed by atoms with Gasteiger partial charge in [-0.05, 0) is 0 Å². The molecule has 0 bridgehead atoms. The molecule has 0 aliphatic heterocycles. The zero-order valence-corrected chi connectivity index (χ0v) is 7.14. The Bertz CT molecular complexity index is 94.9. The fourth-order valence-electron chi connectivity index (χ4n) is 0. The Morgan fingerprint density at radius 2 is 1.33 bits per heavy atom. The molecule has 1 radical (unpaired) electrons. The van der Waals surface area contributed by atoms with Gasteiger partial charge in [0.25, 0.3) is 0 Å². The van der Waals surface area contributed by atoms with E-state index in [0.717, 1.165) is 0 Å². The van der Waals surface area contributed by atoms with Crippen LogP contribution in [0.2, 0.25) is 0 Å². The summed E-state index contributed by atoms with van der Waals surface area (Å²) in [7, 11) is -4.67. The van der Waals surface area contributed by atoms with Gasteiger partial charge < -0.3 is 0 Å². The van der Waals surface area contributed by atoms with Crippen LogP contribution < -0.4 is 0 Å². The Kier molecular flexibility index (Phi) is 5.26. The van der Waals surface area contributed by atoms with Gasteiger partial charge in [0.15, 0.2) is 0 Å². The molecule has 0 atom stereocenters. The molecule has 0 amide bonds. The molecule has 0 rings (SSSR count). The molecule has 6 heavy (non-hydrogen) atoms. The summed E-state index contributed by atoms with van der Waals surface area (Å²) in [6.45, 7) is 0. The smallest absolute Gasteiger partial charge is 0.264 e. The Hall–Kier alpha value is 1.06. The Labute approximate surface area is 64.6 Å². The molecule has 0 unspecified atom stereocenters. The number of hydrogen-bond acceptors (Lipinski definition) is 2. The van der Waals surface area contributed by atoms with Gasteiger partial charge in [-0.2, -0.15) is 8.42 Å². The van der Waals surface area contributed by atoms with Crippen molar-refractivity contribution >= 4 is 10.4 Å². The van der Waals surface area contributed by atoms with E-state index in [4.69, 9.17) is 17.5 Å². The van der Waals surface area contributed by atoms with Crippen molar-refractivity contribution in [2.24, 2.45) is 0 Å². The molecular weight excluding hydrogens is 235 g/mol. The van der Waals surface area contributed by atoms with Gasteiger partial charge in [-0.3, -0.25) is 9.11 Å². The molecule has 0 aromatic rings. The standard InChI is InChI=1S/La.H2O4S/c;1-5(2,3)4/h;(H2,1,2,3,4)/p+1. The van der Waals surface area contributed by atoms with E-state index in [1.807, 2.05) is 0 Å². The van der Waals surface area contributed by atoms with Crippen molar-refractivity contribution < 1.29 is 54.5 Å².